The van der Waals surface area contributed by atoms with Gasteiger partial charge in [0.1, 0.15) is 5.75 Å². The standard InChI is InChI=1S/C20H20N2O5/c1-3-27-20(23)19(22(24)25)18(13-8-10-14(26-2)11-9-13)16-12-21-17-7-5-4-6-15(16)17/h4-12,18-19,21H,3H2,1-2H3/t18-,19-/m1/s1. The molecule has 27 heavy (non-hydrogen) atoms. The molecule has 1 aromatic heterocycles. The van der Waals surface area contributed by atoms with Crippen LogP contribution < -0.4 is 4.74 Å². The maximum atomic E-state index is 12.5. The lowest BCUT2D eigenvalue weighted by molar-refractivity contribution is -0.513. The Balaban J connectivity index is 2.18. The molecule has 0 aliphatic carbocycles. The summed E-state index contributed by atoms with van der Waals surface area (Å²) in [7, 11) is 1.55. The number of rotatable bonds is 7. The highest BCUT2D eigenvalue weighted by Crippen LogP contribution is 2.35. The fraction of sp³-hybridized carbons (Fsp3) is 0.250. The maximum absolute atomic E-state index is 12.5. The van der Waals surface area contributed by atoms with Gasteiger partial charge in [-0.3, -0.25) is 10.1 Å². The van der Waals surface area contributed by atoms with Gasteiger partial charge in [0.2, 0.25) is 0 Å². The van der Waals surface area contributed by atoms with Crippen molar-refractivity contribution in [2.24, 2.45) is 0 Å². The lowest BCUT2D eigenvalue weighted by atomic mass is 9.85. The molecule has 2 aromatic carbocycles. The molecule has 0 spiro atoms. The van der Waals surface area contributed by atoms with E-state index in [9.17, 15) is 14.9 Å². The number of carbonyl (C=O) groups is 1. The molecule has 0 amide bonds. The third-order valence-electron chi connectivity index (χ3n) is 4.50. The number of para-hydroxylation sites is 1. The zero-order valence-corrected chi connectivity index (χ0v) is 15.0. The van der Waals surface area contributed by atoms with Crippen molar-refractivity contribution in [3.63, 3.8) is 0 Å². The van der Waals surface area contributed by atoms with Gasteiger partial charge in [0, 0.05) is 22.0 Å². The molecule has 3 rings (SSSR count). The first kappa shape index (κ1) is 18.4. The van der Waals surface area contributed by atoms with E-state index in [1.807, 2.05) is 24.3 Å². The van der Waals surface area contributed by atoms with Crippen molar-refractivity contribution >= 4 is 16.9 Å². The number of nitro groups is 1. The Hall–Kier alpha value is -3.35. The summed E-state index contributed by atoms with van der Waals surface area (Å²) < 4.78 is 10.2. The molecule has 0 fully saturated rings. The molecule has 0 aliphatic rings. The van der Waals surface area contributed by atoms with Gasteiger partial charge in [-0.1, -0.05) is 30.3 Å². The molecule has 1 N–H and O–H groups in total. The minimum absolute atomic E-state index is 0.0758. The maximum Gasteiger partial charge on any atom is 0.382 e. The molecule has 3 aromatic rings. The third-order valence-corrected chi connectivity index (χ3v) is 4.50. The summed E-state index contributed by atoms with van der Waals surface area (Å²) in [5.41, 5.74) is 2.15. The fourth-order valence-corrected chi connectivity index (χ4v) is 3.27. The highest BCUT2D eigenvalue weighted by atomic mass is 16.6. The number of aromatic amines is 1. The fourth-order valence-electron chi connectivity index (χ4n) is 3.27. The van der Waals surface area contributed by atoms with Gasteiger partial charge in [-0.25, -0.2) is 4.79 Å². The van der Waals surface area contributed by atoms with Crippen LogP contribution in [0.2, 0.25) is 0 Å². The quantitative estimate of drug-likeness (QED) is 0.391. The third kappa shape index (κ3) is 3.62. The molecular weight excluding hydrogens is 348 g/mol. The zero-order valence-electron chi connectivity index (χ0n) is 15.0. The molecule has 0 saturated heterocycles. The Labute approximate surface area is 156 Å². The average molecular weight is 368 g/mol. The van der Waals surface area contributed by atoms with Crippen molar-refractivity contribution in [3.05, 3.63) is 76.0 Å². The van der Waals surface area contributed by atoms with E-state index >= 15 is 0 Å². The second-order valence-electron chi connectivity index (χ2n) is 6.02. The van der Waals surface area contributed by atoms with Crippen LogP contribution in [0.25, 0.3) is 10.9 Å². The topological polar surface area (TPSA) is 94.5 Å². The molecule has 0 radical (unpaired) electrons. The van der Waals surface area contributed by atoms with Crippen molar-refractivity contribution in [3.8, 4) is 5.75 Å². The lowest BCUT2D eigenvalue weighted by Gasteiger charge is -2.20. The predicted molar refractivity (Wildman–Crippen MR) is 101 cm³/mol. The van der Waals surface area contributed by atoms with Gasteiger partial charge < -0.3 is 14.5 Å². The number of methoxy groups -OCH3 is 1. The van der Waals surface area contributed by atoms with E-state index in [1.165, 1.54) is 0 Å². The van der Waals surface area contributed by atoms with Crippen LogP contribution in [0.3, 0.4) is 0 Å². The largest absolute Gasteiger partial charge is 0.497 e. The summed E-state index contributed by atoms with van der Waals surface area (Å²) in [4.78, 5) is 26.9. The first-order valence-electron chi connectivity index (χ1n) is 8.57. The van der Waals surface area contributed by atoms with Crippen molar-refractivity contribution in [1.82, 2.24) is 4.98 Å². The number of benzene rings is 2. The number of ether oxygens (including phenoxy) is 2. The predicted octanol–water partition coefficient (Wildman–Crippen LogP) is 3.52. The number of esters is 1. The van der Waals surface area contributed by atoms with Gasteiger partial charge in [0.15, 0.2) is 0 Å². The van der Waals surface area contributed by atoms with Crippen LogP contribution in [0.4, 0.5) is 0 Å². The first-order chi connectivity index (χ1) is 13.1. The van der Waals surface area contributed by atoms with E-state index in [2.05, 4.69) is 4.98 Å². The van der Waals surface area contributed by atoms with Gasteiger partial charge in [0.05, 0.1) is 19.6 Å². The number of nitrogens with zero attached hydrogens (tertiary/aromatic N) is 1. The summed E-state index contributed by atoms with van der Waals surface area (Å²) >= 11 is 0. The number of hydrogen-bond acceptors (Lipinski definition) is 5. The second kappa shape index (κ2) is 7.90. The zero-order chi connectivity index (χ0) is 19.4. The SMILES string of the molecule is CCOC(=O)[C@@H]([C@H](c1ccc(OC)cc1)c1c[nH]c2ccccc12)[N+](=O)[O-]. The van der Waals surface area contributed by atoms with Crippen LogP contribution in [0.5, 0.6) is 5.75 Å². The molecule has 7 heteroatoms. The average Bonchev–Trinajstić information content (AvgIpc) is 3.09. The Kier molecular flexibility index (Phi) is 5.40. The van der Waals surface area contributed by atoms with E-state index in [0.29, 0.717) is 16.9 Å². The lowest BCUT2D eigenvalue weighted by Crippen LogP contribution is -2.37. The summed E-state index contributed by atoms with van der Waals surface area (Å²) in [6.07, 6.45) is 1.72. The Morgan fingerprint density at radius 1 is 1.19 bits per heavy atom. The Bertz CT molecular complexity index is 948. The van der Waals surface area contributed by atoms with Crippen LogP contribution in [-0.2, 0) is 9.53 Å². The number of aromatic nitrogens is 1. The van der Waals surface area contributed by atoms with Crippen LogP contribution in [0.15, 0.2) is 54.7 Å². The van der Waals surface area contributed by atoms with Gasteiger partial charge in [-0.05, 0) is 36.2 Å². The molecule has 140 valence electrons. The molecule has 0 bridgehead atoms. The molecule has 7 nitrogen and oxygen atoms in total. The highest BCUT2D eigenvalue weighted by Gasteiger charge is 2.43. The smallest absolute Gasteiger partial charge is 0.382 e. The number of nitrogens with one attached hydrogen (secondary N) is 1. The normalized spacial score (nSPS) is 13.1. The highest BCUT2D eigenvalue weighted by molar-refractivity contribution is 5.86. The number of H-pyrrole nitrogens is 1. The van der Waals surface area contributed by atoms with Crippen molar-refractivity contribution in [2.45, 2.75) is 18.9 Å². The minimum atomic E-state index is -1.56. The Morgan fingerprint density at radius 3 is 2.52 bits per heavy atom. The molecule has 1 heterocycles. The molecule has 2 atom stereocenters. The van der Waals surface area contributed by atoms with Gasteiger partial charge in [-0.15, -0.1) is 0 Å². The molecule has 0 saturated carbocycles. The molecule has 0 unspecified atom stereocenters. The second-order valence-corrected chi connectivity index (χ2v) is 6.02. The van der Waals surface area contributed by atoms with E-state index in [1.54, 1.807) is 44.5 Å². The minimum Gasteiger partial charge on any atom is -0.497 e. The summed E-state index contributed by atoms with van der Waals surface area (Å²) in [5.74, 6) is -1.03. The monoisotopic (exact) mass is 368 g/mol. The number of fused-ring (bicyclic) bond motifs is 1. The summed E-state index contributed by atoms with van der Waals surface area (Å²) in [6.45, 7) is 1.70. The van der Waals surface area contributed by atoms with E-state index in [4.69, 9.17) is 9.47 Å². The van der Waals surface area contributed by atoms with E-state index < -0.39 is 22.9 Å². The number of hydrogen-bond donors (Lipinski definition) is 1. The van der Waals surface area contributed by atoms with Crippen molar-refractivity contribution in [2.75, 3.05) is 13.7 Å². The first-order valence-corrected chi connectivity index (χ1v) is 8.57. The van der Waals surface area contributed by atoms with Crippen LogP contribution in [-0.4, -0.2) is 35.6 Å². The molecular formula is C20H20N2O5. The van der Waals surface area contributed by atoms with Crippen molar-refractivity contribution < 1.29 is 19.2 Å². The summed E-state index contributed by atoms with van der Waals surface area (Å²) in [6, 6.07) is 12.9. The van der Waals surface area contributed by atoms with Crippen LogP contribution >= 0.6 is 0 Å². The van der Waals surface area contributed by atoms with E-state index in [0.717, 1.165) is 10.9 Å². The van der Waals surface area contributed by atoms with Gasteiger partial charge in [0.25, 0.3) is 0 Å². The van der Waals surface area contributed by atoms with E-state index in [-0.39, 0.29) is 6.61 Å². The van der Waals surface area contributed by atoms with Gasteiger partial charge in [-0.2, -0.15) is 0 Å². The van der Waals surface area contributed by atoms with Crippen molar-refractivity contribution in [1.29, 1.82) is 0 Å². The summed E-state index contributed by atoms with van der Waals surface area (Å²) in [5, 5.41) is 12.7. The van der Waals surface area contributed by atoms with Crippen LogP contribution in [0.1, 0.15) is 24.0 Å². The number of carbonyl (C=O) groups excluding carboxylic acids is 1. The van der Waals surface area contributed by atoms with Crippen LogP contribution in [0, 0.1) is 10.1 Å². The Morgan fingerprint density at radius 2 is 1.89 bits per heavy atom. The van der Waals surface area contributed by atoms with Gasteiger partial charge >= 0.3 is 12.0 Å². The molecule has 0 aliphatic heterocycles.